The molecule has 0 aromatic heterocycles. The van der Waals surface area contributed by atoms with Crippen LogP contribution in [0.4, 0.5) is 0 Å². The first kappa shape index (κ1) is 13.9. The van der Waals surface area contributed by atoms with Crippen LogP contribution in [0.5, 0.6) is 5.75 Å². The smallest absolute Gasteiger partial charge is 0.260 e. The number of hydrogen-bond donors (Lipinski definition) is 1. The Kier molecular flexibility index (Phi) is 5.21. The van der Waals surface area contributed by atoms with E-state index in [2.05, 4.69) is 0 Å². The predicted octanol–water partition coefficient (Wildman–Crippen LogP) is 1.83. The third-order valence-electron chi connectivity index (χ3n) is 3.51. The Bertz CT molecular complexity index is 394. The van der Waals surface area contributed by atoms with Crippen LogP contribution in [0, 0.1) is 0 Å². The molecule has 4 heteroatoms. The van der Waals surface area contributed by atoms with Crippen molar-refractivity contribution in [1.29, 1.82) is 0 Å². The molecule has 4 nitrogen and oxygen atoms in total. The van der Waals surface area contributed by atoms with Crippen LogP contribution >= 0.6 is 0 Å². The number of amides is 1. The first-order valence-corrected chi connectivity index (χ1v) is 6.89. The van der Waals surface area contributed by atoms with Crippen molar-refractivity contribution in [3.63, 3.8) is 0 Å². The van der Waals surface area contributed by atoms with Gasteiger partial charge in [0.2, 0.25) is 0 Å². The highest BCUT2D eigenvalue weighted by Gasteiger charge is 2.24. The number of likely N-dealkylation sites (tertiary alicyclic amines) is 1. The number of benzene rings is 1. The maximum atomic E-state index is 12.2. The number of aliphatic hydroxyl groups excluding tert-OH is 1. The van der Waals surface area contributed by atoms with E-state index in [1.807, 2.05) is 30.3 Å². The minimum absolute atomic E-state index is 0.0372. The maximum Gasteiger partial charge on any atom is 0.260 e. The quantitative estimate of drug-likeness (QED) is 0.901. The standard InChI is InChI=1S/C15H21NO3/c17-11-13-7-3-2-6-10-16(13)15(18)12-19-14-8-4-1-5-9-14/h1,4-5,8-9,13,17H,2-3,6-7,10-12H2. The second kappa shape index (κ2) is 7.14. The van der Waals surface area contributed by atoms with Crippen LogP contribution in [0.25, 0.3) is 0 Å². The van der Waals surface area contributed by atoms with E-state index in [9.17, 15) is 9.90 Å². The lowest BCUT2D eigenvalue weighted by molar-refractivity contribution is -0.136. The summed E-state index contributed by atoms with van der Waals surface area (Å²) in [5, 5.41) is 9.39. The van der Waals surface area contributed by atoms with Crippen molar-refractivity contribution in [2.75, 3.05) is 19.8 Å². The highest BCUT2D eigenvalue weighted by atomic mass is 16.5. The predicted molar refractivity (Wildman–Crippen MR) is 73.0 cm³/mol. The molecule has 2 rings (SSSR count). The number of carbonyl (C=O) groups excluding carboxylic acids is 1. The molecule has 1 amide bonds. The molecular weight excluding hydrogens is 242 g/mol. The molecular formula is C15H21NO3. The van der Waals surface area contributed by atoms with E-state index in [0.29, 0.717) is 5.75 Å². The van der Waals surface area contributed by atoms with Gasteiger partial charge in [-0.2, -0.15) is 0 Å². The summed E-state index contributed by atoms with van der Waals surface area (Å²) in [7, 11) is 0. The Labute approximate surface area is 114 Å². The van der Waals surface area contributed by atoms with Crippen molar-refractivity contribution in [1.82, 2.24) is 4.90 Å². The zero-order valence-corrected chi connectivity index (χ0v) is 11.1. The van der Waals surface area contributed by atoms with Crippen LogP contribution in [0.2, 0.25) is 0 Å². The molecule has 1 atom stereocenters. The summed E-state index contributed by atoms with van der Waals surface area (Å²) in [5.41, 5.74) is 0. The molecule has 0 radical (unpaired) electrons. The SMILES string of the molecule is O=C(COc1ccccc1)N1CCCCCC1CO. The van der Waals surface area contributed by atoms with E-state index in [1.54, 1.807) is 4.90 Å². The summed E-state index contributed by atoms with van der Waals surface area (Å²) in [5.74, 6) is 0.663. The summed E-state index contributed by atoms with van der Waals surface area (Å²) in [6.07, 6.45) is 4.09. The molecule has 19 heavy (non-hydrogen) atoms. The van der Waals surface area contributed by atoms with Crippen LogP contribution < -0.4 is 4.74 Å². The van der Waals surface area contributed by atoms with E-state index in [-0.39, 0.29) is 25.2 Å². The Morgan fingerprint density at radius 1 is 1.26 bits per heavy atom. The molecule has 1 fully saturated rings. The Morgan fingerprint density at radius 2 is 2.05 bits per heavy atom. The number of carbonyl (C=O) groups is 1. The fourth-order valence-electron chi connectivity index (χ4n) is 2.44. The van der Waals surface area contributed by atoms with Gasteiger partial charge in [-0.1, -0.05) is 31.0 Å². The summed E-state index contributed by atoms with van der Waals surface area (Å²) < 4.78 is 5.48. The molecule has 0 bridgehead atoms. The minimum atomic E-state index is -0.0469. The molecule has 1 aromatic rings. The van der Waals surface area contributed by atoms with Gasteiger partial charge in [0.25, 0.3) is 5.91 Å². The monoisotopic (exact) mass is 263 g/mol. The molecule has 1 aromatic carbocycles. The summed E-state index contributed by atoms with van der Waals surface area (Å²) in [6.45, 7) is 0.805. The zero-order valence-electron chi connectivity index (χ0n) is 11.1. The highest BCUT2D eigenvalue weighted by molar-refractivity contribution is 5.78. The van der Waals surface area contributed by atoms with Crippen LogP contribution in [-0.2, 0) is 4.79 Å². The zero-order chi connectivity index (χ0) is 13.5. The van der Waals surface area contributed by atoms with Gasteiger partial charge in [0.1, 0.15) is 5.75 Å². The van der Waals surface area contributed by atoms with Gasteiger partial charge in [0, 0.05) is 6.54 Å². The second-order valence-electron chi connectivity index (χ2n) is 4.87. The average Bonchev–Trinajstić information content (AvgIpc) is 2.71. The van der Waals surface area contributed by atoms with Crippen molar-refractivity contribution >= 4 is 5.91 Å². The number of hydrogen-bond acceptors (Lipinski definition) is 3. The third kappa shape index (κ3) is 3.96. The van der Waals surface area contributed by atoms with Gasteiger partial charge in [0.15, 0.2) is 6.61 Å². The number of rotatable bonds is 4. The molecule has 1 aliphatic heterocycles. The molecule has 1 heterocycles. The topological polar surface area (TPSA) is 49.8 Å². The lowest BCUT2D eigenvalue weighted by Gasteiger charge is -2.28. The molecule has 104 valence electrons. The fraction of sp³-hybridized carbons (Fsp3) is 0.533. The number of ether oxygens (including phenoxy) is 1. The van der Waals surface area contributed by atoms with Crippen LogP contribution in [0.3, 0.4) is 0 Å². The van der Waals surface area contributed by atoms with E-state index in [0.717, 1.165) is 32.2 Å². The highest BCUT2D eigenvalue weighted by Crippen LogP contribution is 2.17. The van der Waals surface area contributed by atoms with Crippen LogP contribution in [0.1, 0.15) is 25.7 Å². The summed E-state index contributed by atoms with van der Waals surface area (Å²) >= 11 is 0. The van der Waals surface area contributed by atoms with Crippen LogP contribution in [0.15, 0.2) is 30.3 Å². The number of nitrogens with zero attached hydrogens (tertiary/aromatic N) is 1. The van der Waals surface area contributed by atoms with Crippen LogP contribution in [-0.4, -0.2) is 41.7 Å². The van der Waals surface area contributed by atoms with Crippen molar-refractivity contribution in [2.45, 2.75) is 31.7 Å². The molecule has 1 saturated heterocycles. The Balaban J connectivity index is 1.90. The normalized spacial score (nSPS) is 19.8. The van der Waals surface area contributed by atoms with Gasteiger partial charge < -0.3 is 14.7 Å². The summed E-state index contributed by atoms with van der Waals surface area (Å²) in [4.78, 5) is 14.0. The van der Waals surface area contributed by atoms with E-state index in [4.69, 9.17) is 4.74 Å². The third-order valence-corrected chi connectivity index (χ3v) is 3.51. The molecule has 0 spiro atoms. The minimum Gasteiger partial charge on any atom is -0.484 e. The van der Waals surface area contributed by atoms with Crippen molar-refractivity contribution < 1.29 is 14.6 Å². The fourth-order valence-corrected chi connectivity index (χ4v) is 2.44. The maximum absolute atomic E-state index is 12.2. The van der Waals surface area contributed by atoms with Gasteiger partial charge >= 0.3 is 0 Å². The molecule has 1 N–H and O–H groups in total. The van der Waals surface area contributed by atoms with Crippen molar-refractivity contribution in [3.8, 4) is 5.75 Å². The average molecular weight is 263 g/mol. The van der Waals surface area contributed by atoms with E-state index >= 15 is 0 Å². The van der Waals surface area contributed by atoms with Gasteiger partial charge in [-0.05, 0) is 25.0 Å². The number of para-hydroxylation sites is 1. The molecule has 0 saturated carbocycles. The van der Waals surface area contributed by atoms with E-state index in [1.165, 1.54) is 0 Å². The van der Waals surface area contributed by atoms with Gasteiger partial charge in [-0.3, -0.25) is 4.79 Å². The lowest BCUT2D eigenvalue weighted by atomic mass is 10.1. The lowest BCUT2D eigenvalue weighted by Crippen LogP contribution is -2.44. The number of aliphatic hydroxyl groups is 1. The first-order valence-electron chi connectivity index (χ1n) is 6.89. The largest absolute Gasteiger partial charge is 0.484 e. The van der Waals surface area contributed by atoms with Crippen molar-refractivity contribution in [2.24, 2.45) is 0 Å². The molecule has 1 unspecified atom stereocenters. The first-order chi connectivity index (χ1) is 9.31. The van der Waals surface area contributed by atoms with Crippen molar-refractivity contribution in [3.05, 3.63) is 30.3 Å². The van der Waals surface area contributed by atoms with Gasteiger partial charge in [-0.25, -0.2) is 0 Å². The second-order valence-corrected chi connectivity index (χ2v) is 4.87. The summed E-state index contributed by atoms with van der Waals surface area (Å²) in [6, 6.07) is 9.28. The molecule has 1 aliphatic rings. The Hall–Kier alpha value is -1.55. The van der Waals surface area contributed by atoms with E-state index < -0.39 is 0 Å². The van der Waals surface area contributed by atoms with Gasteiger partial charge in [0.05, 0.1) is 12.6 Å². The van der Waals surface area contributed by atoms with Gasteiger partial charge in [-0.15, -0.1) is 0 Å². The molecule has 0 aliphatic carbocycles. The Morgan fingerprint density at radius 3 is 2.79 bits per heavy atom.